The zero-order valence-corrected chi connectivity index (χ0v) is 21.5. The molecule has 0 aliphatic carbocycles. The average molecular weight is 518 g/mol. The number of carbonyl (C=O) groups excluding carboxylic acids is 2. The third-order valence-corrected chi connectivity index (χ3v) is 6.49. The summed E-state index contributed by atoms with van der Waals surface area (Å²) in [6, 6.07) is 10.3. The van der Waals surface area contributed by atoms with Crippen LogP contribution < -0.4 is 14.8 Å². The number of nitrogens with zero attached hydrogens (tertiary/aromatic N) is 2. The molecule has 36 heavy (non-hydrogen) atoms. The molecule has 10 heteroatoms. The van der Waals surface area contributed by atoms with Crippen LogP contribution in [-0.4, -0.2) is 59.7 Å². The molecule has 0 spiro atoms. The van der Waals surface area contributed by atoms with E-state index in [0.717, 1.165) is 18.4 Å². The van der Waals surface area contributed by atoms with Crippen LogP contribution in [-0.2, 0) is 16.1 Å². The first-order valence-corrected chi connectivity index (χ1v) is 12.2. The molecule has 0 bridgehead atoms. The van der Waals surface area contributed by atoms with Crippen LogP contribution >= 0.6 is 11.6 Å². The number of carboxylic acids is 1. The number of aliphatic carboxylic acids is 1. The Balaban J connectivity index is 1.76. The number of urea groups is 1. The van der Waals surface area contributed by atoms with E-state index in [9.17, 15) is 19.5 Å². The highest BCUT2D eigenvalue weighted by molar-refractivity contribution is 6.31. The second-order valence-corrected chi connectivity index (χ2v) is 9.17. The van der Waals surface area contributed by atoms with Gasteiger partial charge in [0.05, 0.1) is 12.5 Å². The Morgan fingerprint density at radius 2 is 1.83 bits per heavy atom. The van der Waals surface area contributed by atoms with Gasteiger partial charge in [-0.3, -0.25) is 9.59 Å². The zero-order chi connectivity index (χ0) is 26.2. The first-order valence-electron chi connectivity index (χ1n) is 11.8. The number of fused-ring (bicyclic) bond motifs is 1. The van der Waals surface area contributed by atoms with Gasteiger partial charge in [0.1, 0.15) is 6.04 Å². The number of hydrogen-bond donors (Lipinski definition) is 2. The molecule has 2 atom stereocenters. The number of amides is 3. The number of benzene rings is 2. The van der Waals surface area contributed by atoms with Crippen LogP contribution in [0.1, 0.15) is 49.8 Å². The predicted octanol–water partition coefficient (Wildman–Crippen LogP) is 4.44. The standard InChI is InChI=1S/C26H32ClN3O6/c1-4-5-10-20(25(33)29(2)15-18-8-6-7-9-19(18)27)28-26(34)30(3)21(14-24(31)32)17-11-12-22-23(13-17)36-16-35-22/h6-9,11-13,20-21H,4-5,10,14-16H2,1-3H3,(H,28,34)(H,31,32)/t20-,21-/m0/s1. The molecule has 2 aromatic rings. The molecule has 2 N–H and O–H groups in total. The number of hydrogen-bond acceptors (Lipinski definition) is 5. The van der Waals surface area contributed by atoms with Gasteiger partial charge in [0.25, 0.3) is 0 Å². The van der Waals surface area contributed by atoms with Crippen molar-refractivity contribution in [2.75, 3.05) is 20.9 Å². The smallest absolute Gasteiger partial charge is 0.318 e. The third kappa shape index (κ3) is 6.81. The SMILES string of the molecule is CCCC[C@H](NC(=O)N(C)[C@@H](CC(=O)O)c1ccc2c(c1)OCO2)C(=O)N(C)Cc1ccccc1Cl. The molecule has 1 aliphatic rings. The van der Waals surface area contributed by atoms with Gasteiger partial charge in [0.15, 0.2) is 11.5 Å². The molecule has 3 amide bonds. The van der Waals surface area contributed by atoms with Crippen molar-refractivity contribution in [1.29, 1.82) is 0 Å². The van der Waals surface area contributed by atoms with Gasteiger partial charge in [-0.1, -0.05) is 55.6 Å². The van der Waals surface area contributed by atoms with E-state index in [4.69, 9.17) is 21.1 Å². The van der Waals surface area contributed by atoms with Crippen LogP contribution in [0.4, 0.5) is 4.79 Å². The summed E-state index contributed by atoms with van der Waals surface area (Å²) in [5.41, 5.74) is 1.39. The van der Waals surface area contributed by atoms with Crippen molar-refractivity contribution in [3.63, 3.8) is 0 Å². The lowest BCUT2D eigenvalue weighted by Crippen LogP contribution is -2.51. The number of unbranched alkanes of at least 4 members (excludes halogenated alkanes) is 1. The Morgan fingerprint density at radius 3 is 2.53 bits per heavy atom. The van der Waals surface area contributed by atoms with Crippen molar-refractivity contribution in [2.45, 2.75) is 51.2 Å². The summed E-state index contributed by atoms with van der Waals surface area (Å²) in [7, 11) is 3.18. The first kappa shape index (κ1) is 27.1. The molecular weight excluding hydrogens is 486 g/mol. The number of likely N-dealkylation sites (N-methyl/N-ethyl adjacent to an activating group) is 1. The molecule has 9 nitrogen and oxygen atoms in total. The second kappa shape index (κ2) is 12.5. The van der Waals surface area contributed by atoms with Crippen molar-refractivity contribution in [3.8, 4) is 11.5 Å². The van der Waals surface area contributed by atoms with E-state index in [1.807, 2.05) is 25.1 Å². The topological polar surface area (TPSA) is 108 Å². The molecule has 2 aromatic carbocycles. The van der Waals surface area contributed by atoms with Crippen molar-refractivity contribution in [3.05, 3.63) is 58.6 Å². The van der Waals surface area contributed by atoms with Gasteiger partial charge in [-0.15, -0.1) is 0 Å². The average Bonchev–Trinajstić information content (AvgIpc) is 3.33. The van der Waals surface area contributed by atoms with Crippen LogP contribution in [0.2, 0.25) is 5.02 Å². The van der Waals surface area contributed by atoms with E-state index in [-0.39, 0.29) is 19.1 Å². The summed E-state index contributed by atoms with van der Waals surface area (Å²) in [4.78, 5) is 41.0. The third-order valence-electron chi connectivity index (χ3n) is 6.12. The van der Waals surface area contributed by atoms with E-state index in [2.05, 4.69) is 5.32 Å². The van der Waals surface area contributed by atoms with Gasteiger partial charge >= 0.3 is 12.0 Å². The molecule has 0 radical (unpaired) electrons. The molecule has 3 rings (SSSR count). The Labute approximate surface area is 215 Å². The maximum atomic E-state index is 13.3. The number of nitrogens with one attached hydrogen (secondary N) is 1. The quantitative estimate of drug-likeness (QED) is 0.456. The van der Waals surface area contributed by atoms with Gasteiger partial charge in [-0.2, -0.15) is 0 Å². The van der Waals surface area contributed by atoms with Crippen LogP contribution in [0.3, 0.4) is 0 Å². The summed E-state index contributed by atoms with van der Waals surface area (Å²) >= 11 is 6.25. The van der Waals surface area contributed by atoms with E-state index >= 15 is 0 Å². The van der Waals surface area contributed by atoms with Gasteiger partial charge in [-0.05, 0) is 35.7 Å². The Kier molecular flexibility index (Phi) is 9.41. The molecule has 0 aromatic heterocycles. The number of ether oxygens (including phenoxy) is 2. The molecule has 0 fully saturated rings. The molecule has 0 unspecified atom stereocenters. The molecule has 1 aliphatic heterocycles. The largest absolute Gasteiger partial charge is 0.481 e. The van der Waals surface area contributed by atoms with E-state index < -0.39 is 24.1 Å². The maximum absolute atomic E-state index is 13.3. The number of carbonyl (C=O) groups is 3. The van der Waals surface area contributed by atoms with Crippen LogP contribution in [0.15, 0.2) is 42.5 Å². The summed E-state index contributed by atoms with van der Waals surface area (Å²) < 4.78 is 10.7. The van der Waals surface area contributed by atoms with Gasteiger partial charge < -0.3 is 29.7 Å². The normalized spacial score (nSPS) is 13.6. The fourth-order valence-corrected chi connectivity index (χ4v) is 4.24. The highest BCUT2D eigenvalue weighted by Crippen LogP contribution is 2.36. The van der Waals surface area contributed by atoms with E-state index in [0.29, 0.717) is 35.1 Å². The monoisotopic (exact) mass is 517 g/mol. The summed E-state index contributed by atoms with van der Waals surface area (Å²) in [5.74, 6) is -0.251. The van der Waals surface area contributed by atoms with Crippen LogP contribution in [0.25, 0.3) is 0 Å². The van der Waals surface area contributed by atoms with Crippen molar-refractivity contribution >= 4 is 29.5 Å². The van der Waals surface area contributed by atoms with Crippen molar-refractivity contribution < 1.29 is 29.0 Å². The van der Waals surface area contributed by atoms with Crippen molar-refractivity contribution in [2.24, 2.45) is 0 Å². The van der Waals surface area contributed by atoms with Crippen molar-refractivity contribution in [1.82, 2.24) is 15.1 Å². The molecular formula is C26H32ClN3O6. The summed E-state index contributed by atoms with van der Waals surface area (Å²) in [6.45, 7) is 2.39. The molecule has 0 saturated carbocycles. The highest BCUT2D eigenvalue weighted by atomic mass is 35.5. The lowest BCUT2D eigenvalue weighted by Gasteiger charge is -2.31. The minimum absolute atomic E-state index is 0.0850. The van der Waals surface area contributed by atoms with Gasteiger partial charge in [0, 0.05) is 25.7 Å². The van der Waals surface area contributed by atoms with E-state index in [1.54, 1.807) is 31.3 Å². The summed E-state index contributed by atoms with van der Waals surface area (Å²) in [6.07, 6.45) is 1.72. The fourth-order valence-electron chi connectivity index (χ4n) is 4.05. The minimum Gasteiger partial charge on any atom is -0.481 e. The predicted molar refractivity (Wildman–Crippen MR) is 135 cm³/mol. The Bertz CT molecular complexity index is 1100. The molecule has 1 heterocycles. The number of rotatable bonds is 11. The highest BCUT2D eigenvalue weighted by Gasteiger charge is 2.30. The van der Waals surface area contributed by atoms with Gasteiger partial charge in [0.2, 0.25) is 12.7 Å². The number of halogens is 1. The fraction of sp³-hybridized carbons (Fsp3) is 0.423. The number of carboxylic acid groups (broad SMARTS) is 1. The Morgan fingerprint density at radius 1 is 1.11 bits per heavy atom. The lowest BCUT2D eigenvalue weighted by atomic mass is 10.0. The summed E-state index contributed by atoms with van der Waals surface area (Å²) in [5, 5.41) is 12.9. The zero-order valence-electron chi connectivity index (χ0n) is 20.7. The molecule has 0 saturated heterocycles. The van der Waals surface area contributed by atoms with E-state index in [1.165, 1.54) is 16.8 Å². The Hall–Kier alpha value is -3.46. The molecule has 194 valence electrons. The lowest BCUT2D eigenvalue weighted by molar-refractivity contribution is -0.138. The first-order chi connectivity index (χ1) is 17.2. The van der Waals surface area contributed by atoms with Gasteiger partial charge in [-0.25, -0.2) is 4.79 Å². The minimum atomic E-state index is -1.06. The maximum Gasteiger partial charge on any atom is 0.318 e. The second-order valence-electron chi connectivity index (χ2n) is 8.77. The van der Waals surface area contributed by atoms with Crippen LogP contribution in [0, 0.1) is 0 Å². The van der Waals surface area contributed by atoms with Crippen LogP contribution in [0.5, 0.6) is 11.5 Å².